The molecule has 1 aliphatic rings. The summed E-state index contributed by atoms with van der Waals surface area (Å²) in [6.07, 6.45) is -0.198. The van der Waals surface area contributed by atoms with E-state index in [1.807, 2.05) is 0 Å². The van der Waals surface area contributed by atoms with Crippen LogP contribution in [0.4, 0.5) is 0 Å². The highest BCUT2D eigenvalue weighted by Gasteiger charge is 2.54. The average Bonchev–Trinajstić information content (AvgIpc) is 3.20. The smallest absolute Gasteiger partial charge is 0.314 e. The minimum atomic E-state index is -4.15. The summed E-state index contributed by atoms with van der Waals surface area (Å²) < 4.78 is 51.6. The number of sulfonamides is 1. The molecule has 2 aromatic rings. The van der Waals surface area contributed by atoms with Crippen LogP contribution in [0, 0.1) is 0 Å². The summed E-state index contributed by atoms with van der Waals surface area (Å²) >= 11 is 0.530. The molecule has 0 saturated heterocycles. The average molecular weight is 473 g/mol. The lowest BCUT2D eigenvalue weighted by atomic mass is 9.98. The zero-order valence-corrected chi connectivity index (χ0v) is 18.6. The molecule has 2 atom stereocenters. The van der Waals surface area contributed by atoms with Crippen LogP contribution >= 0.6 is 11.3 Å². The number of carbonyl (C=O) groups excluding carboxylic acids is 2. The number of esters is 1. The first-order chi connectivity index (χ1) is 13.9. The number of hydrogen-bond acceptors (Lipinski definition) is 8. The van der Waals surface area contributed by atoms with Gasteiger partial charge in [-0.25, -0.2) is 22.0 Å². The molecule has 0 bridgehead atoms. The van der Waals surface area contributed by atoms with E-state index < -0.39 is 42.4 Å². The van der Waals surface area contributed by atoms with Crippen LogP contribution in [0.1, 0.15) is 24.0 Å². The van der Waals surface area contributed by atoms with Crippen molar-refractivity contribution in [1.29, 1.82) is 0 Å². The Hall–Kier alpha value is -2.28. The number of thiophene rings is 1. The number of amides is 1. The molecular weight excluding hydrogens is 452 g/mol. The number of hydrogen-bond donors (Lipinski definition) is 2. The van der Waals surface area contributed by atoms with Crippen LogP contribution in [0.3, 0.4) is 0 Å². The van der Waals surface area contributed by atoms with Gasteiger partial charge < -0.3 is 10.1 Å². The van der Waals surface area contributed by atoms with E-state index >= 15 is 0 Å². The van der Waals surface area contributed by atoms with Gasteiger partial charge in [-0.3, -0.25) is 9.59 Å². The Balaban J connectivity index is 1.84. The number of nitrogens with two attached hydrogens (primary N) is 1. The molecule has 2 heterocycles. The van der Waals surface area contributed by atoms with E-state index in [9.17, 15) is 26.4 Å². The Bertz CT molecular complexity index is 1200. The third-order valence-corrected chi connectivity index (χ3v) is 10.6. The van der Waals surface area contributed by atoms with Crippen LogP contribution in [0.15, 0.2) is 44.8 Å². The first-order valence-electron chi connectivity index (χ1n) is 8.73. The molecular formula is C18H20N2O7S3. The van der Waals surface area contributed by atoms with Crippen molar-refractivity contribution in [3.63, 3.8) is 0 Å². The lowest BCUT2D eigenvalue weighted by Crippen LogP contribution is -2.50. The number of methoxy groups -OCH3 is 1. The Morgan fingerprint density at radius 1 is 1.30 bits per heavy atom. The van der Waals surface area contributed by atoms with E-state index in [-0.39, 0.29) is 26.9 Å². The van der Waals surface area contributed by atoms with Crippen molar-refractivity contribution in [2.45, 2.75) is 32.4 Å². The van der Waals surface area contributed by atoms with Crippen molar-refractivity contribution >= 4 is 43.1 Å². The number of fused-ring (bicyclic) bond motifs is 1. The monoisotopic (exact) mass is 472 g/mol. The SMILES string of the molecule is COC(=O)[C@@H](CNC(=O)[C@]1(C)Cc2cc(S(N)(=O)=O)sc2S1(=O)=O)c1ccccc1. The predicted octanol–water partition coefficient (Wildman–Crippen LogP) is 0.557. The lowest BCUT2D eigenvalue weighted by molar-refractivity contribution is -0.142. The first kappa shape index (κ1) is 22.4. The van der Waals surface area contributed by atoms with Gasteiger partial charge in [0.05, 0.1) is 13.0 Å². The van der Waals surface area contributed by atoms with Gasteiger partial charge in [0.2, 0.25) is 25.8 Å². The number of sulfone groups is 1. The molecule has 1 aromatic carbocycles. The van der Waals surface area contributed by atoms with E-state index in [4.69, 9.17) is 9.88 Å². The van der Waals surface area contributed by atoms with Crippen LogP contribution < -0.4 is 10.5 Å². The first-order valence-corrected chi connectivity index (χ1v) is 12.6. The van der Waals surface area contributed by atoms with Gasteiger partial charge in [-0.1, -0.05) is 30.3 Å². The minimum Gasteiger partial charge on any atom is -0.468 e. The summed E-state index contributed by atoms with van der Waals surface area (Å²) in [5, 5.41) is 7.62. The molecule has 0 saturated carbocycles. The van der Waals surface area contributed by atoms with Gasteiger partial charge in [0.25, 0.3) is 0 Å². The molecule has 12 heteroatoms. The van der Waals surface area contributed by atoms with Crippen molar-refractivity contribution in [3.05, 3.63) is 47.5 Å². The summed E-state index contributed by atoms with van der Waals surface area (Å²) in [6.45, 7) is 1.12. The van der Waals surface area contributed by atoms with Crippen LogP contribution in [0.25, 0.3) is 0 Å². The van der Waals surface area contributed by atoms with Crippen molar-refractivity contribution in [3.8, 4) is 0 Å². The number of carbonyl (C=O) groups is 2. The van der Waals surface area contributed by atoms with Gasteiger partial charge in [0, 0.05) is 13.0 Å². The van der Waals surface area contributed by atoms with Crippen LogP contribution in [0.2, 0.25) is 0 Å². The van der Waals surface area contributed by atoms with E-state index in [0.717, 1.165) is 0 Å². The quantitative estimate of drug-likeness (QED) is 0.583. The van der Waals surface area contributed by atoms with Gasteiger partial charge in [-0.05, 0) is 24.1 Å². The van der Waals surface area contributed by atoms with E-state index in [0.29, 0.717) is 16.9 Å². The molecule has 0 fully saturated rings. The van der Waals surface area contributed by atoms with Gasteiger partial charge in [-0.15, -0.1) is 11.3 Å². The minimum absolute atomic E-state index is 0.156. The number of rotatable bonds is 6. The number of benzene rings is 1. The second kappa shape index (κ2) is 7.76. The number of primary sulfonamides is 1. The Labute approximate surface area is 178 Å². The normalized spacial score (nSPS) is 20.9. The second-order valence-corrected chi connectivity index (χ2v) is 12.4. The standard InChI is InChI=1S/C18H20N2O7S3/c1-18(9-12-8-14(30(19,25)26)28-16(12)29(18,23)24)17(22)20-10-13(15(21)27-2)11-6-4-3-5-7-11/h3-8,13H,9-10H2,1-2H3,(H,20,22)(H2,19,25,26)/t13-,18-/m0/s1. The van der Waals surface area contributed by atoms with Gasteiger partial charge in [0.1, 0.15) is 8.42 Å². The maximum absolute atomic E-state index is 13.0. The van der Waals surface area contributed by atoms with E-state index in [1.165, 1.54) is 20.1 Å². The summed E-state index contributed by atoms with van der Waals surface area (Å²) in [7, 11) is -6.98. The highest BCUT2D eigenvalue weighted by molar-refractivity contribution is 7.97. The van der Waals surface area contributed by atoms with E-state index in [1.54, 1.807) is 30.3 Å². The van der Waals surface area contributed by atoms with Crippen LogP contribution in [0.5, 0.6) is 0 Å². The van der Waals surface area contributed by atoms with Crippen molar-refractivity contribution in [2.75, 3.05) is 13.7 Å². The van der Waals surface area contributed by atoms with E-state index in [2.05, 4.69) is 5.32 Å². The summed E-state index contributed by atoms with van der Waals surface area (Å²) in [6, 6.07) is 9.83. The van der Waals surface area contributed by atoms with Crippen LogP contribution in [-0.4, -0.2) is 47.1 Å². The summed E-state index contributed by atoms with van der Waals surface area (Å²) in [5.41, 5.74) is 0.843. The molecule has 1 aromatic heterocycles. The van der Waals surface area contributed by atoms with Crippen molar-refractivity contribution in [2.24, 2.45) is 5.14 Å². The zero-order chi connectivity index (χ0) is 22.3. The van der Waals surface area contributed by atoms with Crippen molar-refractivity contribution in [1.82, 2.24) is 5.32 Å². The van der Waals surface area contributed by atoms with Crippen LogP contribution in [-0.2, 0) is 40.6 Å². The summed E-state index contributed by atoms with van der Waals surface area (Å²) in [4.78, 5) is 25.1. The lowest BCUT2D eigenvalue weighted by Gasteiger charge is -2.24. The fraction of sp³-hybridized carbons (Fsp3) is 0.333. The molecule has 0 spiro atoms. The molecule has 0 unspecified atom stereocenters. The zero-order valence-electron chi connectivity index (χ0n) is 16.1. The Morgan fingerprint density at radius 2 is 1.93 bits per heavy atom. The fourth-order valence-electron chi connectivity index (χ4n) is 3.29. The summed E-state index contributed by atoms with van der Waals surface area (Å²) in [5.74, 6) is -2.17. The second-order valence-electron chi connectivity index (χ2n) is 7.03. The van der Waals surface area contributed by atoms with Crippen molar-refractivity contribution < 1.29 is 31.2 Å². The topological polar surface area (TPSA) is 150 Å². The number of nitrogens with one attached hydrogen (secondary N) is 1. The molecule has 1 aliphatic heterocycles. The number of ether oxygens (including phenoxy) is 1. The maximum Gasteiger partial charge on any atom is 0.314 e. The molecule has 162 valence electrons. The molecule has 0 radical (unpaired) electrons. The molecule has 0 aliphatic carbocycles. The highest BCUT2D eigenvalue weighted by Crippen LogP contribution is 2.45. The molecule has 3 rings (SSSR count). The predicted molar refractivity (Wildman–Crippen MR) is 109 cm³/mol. The fourth-order valence-corrected chi connectivity index (χ4v) is 7.92. The van der Waals surface area contributed by atoms with Gasteiger partial charge >= 0.3 is 5.97 Å². The Kier molecular flexibility index (Phi) is 5.80. The van der Waals surface area contributed by atoms with Gasteiger partial charge in [0.15, 0.2) is 4.75 Å². The largest absolute Gasteiger partial charge is 0.468 e. The maximum atomic E-state index is 13.0. The van der Waals surface area contributed by atoms with Gasteiger partial charge in [-0.2, -0.15) is 0 Å². The highest BCUT2D eigenvalue weighted by atomic mass is 32.3. The molecule has 1 amide bonds. The third-order valence-electron chi connectivity index (χ3n) is 5.03. The third kappa shape index (κ3) is 3.75. The Morgan fingerprint density at radius 3 is 2.47 bits per heavy atom. The molecule has 30 heavy (non-hydrogen) atoms. The molecule has 3 N–H and O–H groups in total. The molecule has 9 nitrogen and oxygen atoms in total.